The lowest BCUT2D eigenvalue weighted by Gasteiger charge is -2.46. The molecule has 29 heavy (non-hydrogen) atoms. The first-order valence-electron chi connectivity index (χ1n) is 9.89. The van der Waals surface area contributed by atoms with Gasteiger partial charge in [-0.3, -0.25) is 0 Å². The second-order valence-corrected chi connectivity index (χ2v) is 7.92. The predicted octanol–water partition coefficient (Wildman–Crippen LogP) is 3.70. The molecule has 0 radical (unpaired) electrons. The van der Waals surface area contributed by atoms with Crippen molar-refractivity contribution in [3.05, 3.63) is 53.8 Å². The minimum Gasteiger partial charge on any atom is -0.462 e. The molecule has 5 nitrogen and oxygen atoms in total. The lowest BCUT2D eigenvalue weighted by molar-refractivity contribution is -0.305. The maximum Gasteiger partial charge on any atom is 0.229 e. The van der Waals surface area contributed by atoms with Crippen molar-refractivity contribution in [3.63, 3.8) is 0 Å². The molecule has 6 heteroatoms. The molecule has 0 amide bonds. The van der Waals surface area contributed by atoms with Crippen LogP contribution < -0.4 is 4.74 Å². The van der Waals surface area contributed by atoms with Crippen LogP contribution in [-0.2, 0) is 15.9 Å². The minimum absolute atomic E-state index is 0.308. The van der Waals surface area contributed by atoms with Gasteiger partial charge in [-0.2, -0.15) is 0 Å². The summed E-state index contributed by atoms with van der Waals surface area (Å²) < 4.78 is 30.9. The molecular weight excluding hydrogens is 375 g/mol. The van der Waals surface area contributed by atoms with Crippen LogP contribution in [0.5, 0.6) is 5.75 Å². The quantitative estimate of drug-likeness (QED) is 0.769. The van der Waals surface area contributed by atoms with Gasteiger partial charge in [0.25, 0.3) is 0 Å². The van der Waals surface area contributed by atoms with Crippen LogP contribution >= 0.6 is 0 Å². The molecule has 0 bridgehead atoms. The van der Waals surface area contributed by atoms with Crippen molar-refractivity contribution >= 4 is 0 Å². The van der Waals surface area contributed by atoms with Crippen LogP contribution in [0.25, 0.3) is 11.1 Å². The number of aryl methyl sites for hydroxylation is 1. The molecule has 1 aliphatic rings. The summed E-state index contributed by atoms with van der Waals surface area (Å²) in [5.41, 5.74) is 1.84. The Labute approximate surface area is 171 Å². The van der Waals surface area contributed by atoms with Gasteiger partial charge in [0.2, 0.25) is 6.29 Å². The van der Waals surface area contributed by atoms with E-state index in [1.165, 1.54) is 19.2 Å². The zero-order chi connectivity index (χ0) is 21.2. The van der Waals surface area contributed by atoms with Crippen LogP contribution in [0.3, 0.4) is 0 Å². The Balaban J connectivity index is 1.91. The van der Waals surface area contributed by atoms with E-state index in [0.29, 0.717) is 5.75 Å². The summed E-state index contributed by atoms with van der Waals surface area (Å²) in [6.45, 7) is 5.63. The van der Waals surface area contributed by atoms with Crippen molar-refractivity contribution in [2.45, 2.75) is 63.8 Å². The zero-order valence-electron chi connectivity index (χ0n) is 17.3. The average molecular weight is 404 g/mol. The number of hydrogen-bond donors (Lipinski definition) is 2. The highest BCUT2D eigenvalue weighted by atomic mass is 19.1. The molecule has 1 heterocycles. The van der Waals surface area contributed by atoms with E-state index >= 15 is 0 Å². The predicted molar refractivity (Wildman–Crippen MR) is 108 cm³/mol. The highest BCUT2D eigenvalue weighted by Crippen LogP contribution is 2.34. The van der Waals surface area contributed by atoms with Crippen LogP contribution in [0.1, 0.15) is 32.8 Å². The van der Waals surface area contributed by atoms with Crippen LogP contribution in [0.2, 0.25) is 0 Å². The smallest absolute Gasteiger partial charge is 0.229 e. The van der Waals surface area contributed by atoms with E-state index in [-0.39, 0.29) is 5.82 Å². The first-order valence-corrected chi connectivity index (χ1v) is 9.89. The first-order chi connectivity index (χ1) is 13.8. The molecule has 158 valence electrons. The molecule has 0 unspecified atom stereocenters. The number of hydrogen-bond acceptors (Lipinski definition) is 5. The molecular formula is C23H29FO5. The van der Waals surface area contributed by atoms with Crippen molar-refractivity contribution in [1.82, 2.24) is 0 Å². The van der Waals surface area contributed by atoms with E-state index in [2.05, 4.69) is 6.92 Å². The highest BCUT2D eigenvalue weighted by Gasteiger charge is 2.50. The molecule has 0 aromatic heterocycles. The third kappa shape index (κ3) is 4.61. The molecule has 2 N–H and O–H groups in total. The summed E-state index contributed by atoms with van der Waals surface area (Å²) in [5.74, 6) is 0.157. The monoisotopic (exact) mass is 404 g/mol. The third-order valence-corrected chi connectivity index (χ3v) is 5.29. The van der Waals surface area contributed by atoms with Gasteiger partial charge >= 0.3 is 0 Å². The lowest BCUT2D eigenvalue weighted by atomic mass is 9.89. The molecule has 3 rings (SSSR count). The largest absolute Gasteiger partial charge is 0.462 e. The fraction of sp³-hybridized carbons (Fsp3) is 0.478. The van der Waals surface area contributed by atoms with Crippen molar-refractivity contribution in [2.24, 2.45) is 0 Å². The van der Waals surface area contributed by atoms with Crippen LogP contribution in [0.4, 0.5) is 4.39 Å². The Kier molecular flexibility index (Phi) is 6.58. The minimum atomic E-state index is -1.28. The second-order valence-electron chi connectivity index (χ2n) is 7.92. The molecule has 4 atom stereocenters. The number of benzene rings is 2. The zero-order valence-corrected chi connectivity index (χ0v) is 17.3. The van der Waals surface area contributed by atoms with Crippen molar-refractivity contribution in [3.8, 4) is 16.9 Å². The number of rotatable bonds is 6. The molecule has 2 aromatic rings. The lowest BCUT2D eigenvalue weighted by Crippen LogP contribution is -2.63. The molecule has 0 saturated carbocycles. The molecule has 1 aliphatic heterocycles. The normalized spacial score (nSPS) is 26.3. The van der Waals surface area contributed by atoms with Crippen molar-refractivity contribution < 1.29 is 28.8 Å². The Morgan fingerprint density at radius 2 is 1.86 bits per heavy atom. The molecule has 1 fully saturated rings. The Bertz CT molecular complexity index is 838. The van der Waals surface area contributed by atoms with Crippen molar-refractivity contribution in [2.75, 3.05) is 7.11 Å². The summed E-state index contributed by atoms with van der Waals surface area (Å²) in [6.07, 6.45) is -2.39. The van der Waals surface area contributed by atoms with E-state index in [9.17, 15) is 14.6 Å². The standard InChI is InChI=1S/C23H29FO5/c1-5-7-14-10-11-17(13-18(14)15-8-6-9-16(24)12-15)28-22-20(26)19(25)21(27-4)23(2,3)29-22/h6,8-13,19-22,25-26H,5,7H2,1-4H3/t19-,20+,21+,22+/m0/s1. The average Bonchev–Trinajstić information content (AvgIpc) is 2.67. The van der Waals surface area contributed by atoms with Gasteiger partial charge < -0.3 is 24.4 Å². The van der Waals surface area contributed by atoms with E-state index in [1.54, 1.807) is 26.0 Å². The van der Waals surface area contributed by atoms with Gasteiger partial charge in [0.1, 0.15) is 29.9 Å². The fourth-order valence-corrected chi connectivity index (χ4v) is 3.88. The maximum atomic E-state index is 13.8. The van der Waals surface area contributed by atoms with Gasteiger partial charge in [0.05, 0.1) is 5.60 Å². The summed E-state index contributed by atoms with van der Waals surface area (Å²) in [7, 11) is 1.46. The SMILES string of the molecule is CCCc1ccc(O[C@@H]2OC(C)(C)[C@H](OC)[C@@H](O)[C@H]2O)cc1-c1cccc(F)c1. The van der Waals surface area contributed by atoms with Gasteiger partial charge in [-0.05, 0) is 61.2 Å². The number of ether oxygens (including phenoxy) is 3. The van der Waals surface area contributed by atoms with Gasteiger partial charge in [-0.25, -0.2) is 4.39 Å². The summed E-state index contributed by atoms with van der Waals surface area (Å²) in [5, 5.41) is 20.9. The van der Waals surface area contributed by atoms with E-state index < -0.39 is 30.2 Å². The van der Waals surface area contributed by atoms with Gasteiger partial charge in [-0.15, -0.1) is 0 Å². The molecule has 0 aliphatic carbocycles. The molecule has 1 saturated heterocycles. The topological polar surface area (TPSA) is 68.2 Å². The van der Waals surface area contributed by atoms with Crippen LogP contribution in [0.15, 0.2) is 42.5 Å². The Morgan fingerprint density at radius 3 is 2.52 bits per heavy atom. The number of aliphatic hydroxyl groups is 2. The summed E-state index contributed by atoms with van der Waals surface area (Å²) in [6, 6.07) is 12.0. The first kappa shape index (κ1) is 21.7. The van der Waals surface area contributed by atoms with E-state index in [4.69, 9.17) is 14.2 Å². The Hall–Kier alpha value is -1.99. The summed E-state index contributed by atoms with van der Waals surface area (Å²) in [4.78, 5) is 0. The number of halogens is 1. The molecule has 0 spiro atoms. The maximum absolute atomic E-state index is 13.8. The van der Waals surface area contributed by atoms with Crippen molar-refractivity contribution in [1.29, 1.82) is 0 Å². The van der Waals surface area contributed by atoms with Gasteiger partial charge in [0.15, 0.2) is 0 Å². The Morgan fingerprint density at radius 1 is 1.10 bits per heavy atom. The highest BCUT2D eigenvalue weighted by molar-refractivity contribution is 5.69. The van der Waals surface area contributed by atoms with Gasteiger partial charge in [0, 0.05) is 7.11 Å². The third-order valence-electron chi connectivity index (χ3n) is 5.29. The molecule has 2 aromatic carbocycles. The fourth-order valence-electron chi connectivity index (χ4n) is 3.88. The van der Waals surface area contributed by atoms with E-state index in [0.717, 1.165) is 29.5 Å². The number of aliphatic hydroxyl groups excluding tert-OH is 2. The van der Waals surface area contributed by atoms with E-state index in [1.807, 2.05) is 18.2 Å². The van der Waals surface area contributed by atoms with Crippen LogP contribution in [0, 0.1) is 5.82 Å². The van der Waals surface area contributed by atoms with Gasteiger partial charge in [-0.1, -0.05) is 31.5 Å². The van der Waals surface area contributed by atoms with Crippen LogP contribution in [-0.4, -0.2) is 47.5 Å². The second kappa shape index (κ2) is 8.79. The summed E-state index contributed by atoms with van der Waals surface area (Å²) >= 11 is 0. The number of methoxy groups -OCH3 is 1.